The van der Waals surface area contributed by atoms with E-state index in [1.54, 1.807) is 37.3 Å². The van der Waals surface area contributed by atoms with Crippen LogP contribution in [0.25, 0.3) is 21.3 Å². The number of carbonyl (C=O) groups excluding carboxylic acids is 3. The highest BCUT2D eigenvalue weighted by Gasteiger charge is 2.42. The topological polar surface area (TPSA) is 165 Å². The second-order valence-corrected chi connectivity index (χ2v) is 17.0. The summed E-state index contributed by atoms with van der Waals surface area (Å²) in [6, 6.07) is 24.5. The Labute approximate surface area is 358 Å². The normalized spacial score (nSPS) is 17.4. The third kappa shape index (κ3) is 10.7. The fourth-order valence-electron chi connectivity index (χ4n) is 8.37. The molecule has 0 radical (unpaired) electrons. The molecular weight excluding hydrogens is 804 g/mol. The van der Waals surface area contributed by atoms with Gasteiger partial charge in [-0.05, 0) is 73.4 Å². The lowest BCUT2D eigenvalue weighted by Gasteiger charge is -2.21. The first-order valence-corrected chi connectivity index (χ1v) is 21.5. The summed E-state index contributed by atoms with van der Waals surface area (Å²) in [4.78, 5) is 57.1. The largest absolute Gasteiger partial charge is 0.506 e. The van der Waals surface area contributed by atoms with Crippen molar-refractivity contribution in [3.05, 3.63) is 105 Å². The number of phenolic OH excluding ortho intramolecular Hbond substituents is 1. The highest BCUT2D eigenvalue weighted by Crippen LogP contribution is 2.40. The van der Waals surface area contributed by atoms with Gasteiger partial charge in [-0.25, -0.2) is 4.79 Å². The third-order valence-electron chi connectivity index (χ3n) is 11.4. The molecule has 1 saturated carbocycles. The summed E-state index contributed by atoms with van der Waals surface area (Å²) in [6.07, 6.45) is 2.83. The predicted molar refractivity (Wildman–Crippen MR) is 236 cm³/mol. The van der Waals surface area contributed by atoms with Crippen molar-refractivity contribution < 1.29 is 29.0 Å². The van der Waals surface area contributed by atoms with Crippen LogP contribution in [0.15, 0.2) is 83.7 Å². The molecule has 3 atom stereocenters. The number of aromatic hydroxyl groups is 1. The van der Waals surface area contributed by atoms with Gasteiger partial charge in [0.05, 0.1) is 28.2 Å². The number of methoxy groups -OCH3 is 1. The molecule has 60 heavy (non-hydrogen) atoms. The molecule has 1 aromatic heterocycles. The number of H-pyrrole nitrogens is 1. The molecule has 3 amide bonds. The fourth-order valence-corrected chi connectivity index (χ4v) is 9.50. The van der Waals surface area contributed by atoms with Crippen molar-refractivity contribution in [1.82, 2.24) is 20.1 Å². The molecule has 15 heteroatoms. The molecule has 316 valence electrons. The number of rotatable bonds is 17. The Morgan fingerprint density at radius 1 is 0.950 bits per heavy atom. The number of fused-ring (bicyclic) bond motifs is 2. The van der Waals surface area contributed by atoms with E-state index >= 15 is 0 Å². The van der Waals surface area contributed by atoms with Gasteiger partial charge in [0.15, 0.2) is 0 Å². The molecule has 1 saturated heterocycles. The van der Waals surface area contributed by atoms with E-state index in [2.05, 4.69) is 25.8 Å². The van der Waals surface area contributed by atoms with Crippen LogP contribution in [0.3, 0.4) is 0 Å². The Hall–Kier alpha value is -5.41. The number of hydrogen-bond acceptors (Lipinski definition) is 10. The van der Waals surface area contributed by atoms with Gasteiger partial charge in [-0.2, -0.15) is 0 Å². The highest BCUT2D eigenvalue weighted by atomic mass is 35.5. The predicted octanol–water partition coefficient (Wildman–Crippen LogP) is 7.48. The van der Waals surface area contributed by atoms with Gasteiger partial charge in [0.25, 0.3) is 0 Å². The lowest BCUT2D eigenvalue weighted by molar-refractivity contribution is -0.130. The number of aromatic amines is 1. The van der Waals surface area contributed by atoms with Crippen LogP contribution in [0.2, 0.25) is 5.02 Å². The van der Waals surface area contributed by atoms with Crippen molar-refractivity contribution in [3.63, 3.8) is 0 Å². The summed E-state index contributed by atoms with van der Waals surface area (Å²) in [5, 5.41) is 19.6. The van der Waals surface area contributed by atoms with E-state index < -0.39 is 6.09 Å². The Balaban J connectivity index is 0.780. The van der Waals surface area contributed by atoms with Crippen LogP contribution in [-0.4, -0.2) is 90.8 Å². The monoisotopic (exact) mass is 854 g/mol. The summed E-state index contributed by atoms with van der Waals surface area (Å²) < 4.78 is 12.2. The molecule has 2 fully saturated rings. The number of hydrogen-bond donors (Lipinski definition) is 5. The van der Waals surface area contributed by atoms with Gasteiger partial charge in [0.1, 0.15) is 23.1 Å². The number of anilines is 2. The van der Waals surface area contributed by atoms with Gasteiger partial charge in [-0.15, -0.1) is 0 Å². The number of benzene rings is 4. The van der Waals surface area contributed by atoms with Gasteiger partial charge in [0, 0.05) is 69.8 Å². The van der Waals surface area contributed by atoms with Crippen LogP contribution in [0, 0.1) is 11.8 Å². The standard InChI is InChI=1S/C45H51ClN6O7S/c1-51(41(55)17-20-52-26-31-21-33(22-32(31)27-52)59-44(56)49-36-12-7-6-11-34(36)28-9-4-3-5-10-28)19-8-13-40(54)48-37-24-39(58-2)30(23-35(37)46)25-47-18-16-29-14-15-38(53)42-43(29)60-45(57)50-42/h3-7,9-12,14-15,23-24,31-33,47,53H,8,13,16-22,25-27H2,1-2H3,(H,48,54)(H,49,56)(H,50,57)/t31-,32+,33?. The zero-order valence-corrected chi connectivity index (χ0v) is 35.4. The number of amides is 3. The number of nitrogens with zero attached hydrogens (tertiary/aromatic N) is 2. The number of ether oxygens (including phenoxy) is 2. The molecule has 0 spiro atoms. The quantitative estimate of drug-likeness (QED) is 0.0597. The number of para-hydroxylation sites is 1. The van der Waals surface area contributed by atoms with Crippen LogP contribution in [-0.2, 0) is 27.3 Å². The average Bonchev–Trinajstić information content (AvgIpc) is 3.93. The zero-order valence-electron chi connectivity index (χ0n) is 33.8. The summed E-state index contributed by atoms with van der Waals surface area (Å²) in [5.74, 6) is 1.32. The summed E-state index contributed by atoms with van der Waals surface area (Å²) in [6.45, 7) is 3.96. The van der Waals surface area contributed by atoms with Crippen molar-refractivity contribution in [1.29, 1.82) is 0 Å². The Morgan fingerprint density at radius 3 is 2.47 bits per heavy atom. The number of carbonyl (C=O) groups is 3. The molecular formula is C45H51ClN6O7S. The maximum atomic E-state index is 13.0. The Morgan fingerprint density at radius 2 is 1.70 bits per heavy atom. The summed E-state index contributed by atoms with van der Waals surface area (Å²) in [5.41, 5.74) is 5.36. The number of thiazole rings is 1. The first kappa shape index (κ1) is 42.7. The van der Waals surface area contributed by atoms with Crippen LogP contribution in [0.5, 0.6) is 11.5 Å². The van der Waals surface area contributed by atoms with Gasteiger partial charge in [0.2, 0.25) is 11.8 Å². The number of halogens is 1. The van der Waals surface area contributed by atoms with Crippen molar-refractivity contribution in [2.75, 3.05) is 57.5 Å². The first-order valence-electron chi connectivity index (χ1n) is 20.3. The van der Waals surface area contributed by atoms with Gasteiger partial charge in [-0.3, -0.25) is 19.7 Å². The van der Waals surface area contributed by atoms with Gasteiger partial charge >= 0.3 is 11.0 Å². The number of phenols is 1. The molecule has 13 nitrogen and oxygen atoms in total. The van der Waals surface area contributed by atoms with Crippen molar-refractivity contribution in [2.24, 2.45) is 11.8 Å². The first-order chi connectivity index (χ1) is 29.0. The fraction of sp³-hybridized carbons (Fsp3) is 0.378. The maximum absolute atomic E-state index is 13.0. The smallest absolute Gasteiger partial charge is 0.411 e. The molecule has 5 N–H and O–H groups in total. The van der Waals surface area contributed by atoms with Crippen molar-refractivity contribution >= 4 is 62.4 Å². The number of nitrogens with one attached hydrogen (secondary N) is 4. The minimum absolute atomic E-state index is 0.0380. The third-order valence-corrected chi connectivity index (χ3v) is 12.7. The van der Waals surface area contributed by atoms with E-state index in [9.17, 15) is 24.3 Å². The maximum Gasteiger partial charge on any atom is 0.411 e. The zero-order chi connectivity index (χ0) is 42.2. The van der Waals surface area contributed by atoms with Crippen LogP contribution in [0.4, 0.5) is 16.2 Å². The molecule has 1 aliphatic heterocycles. The SMILES string of the molecule is COc1cc(NC(=O)CCCN(C)C(=O)CCN2C[C@H]3CC(OC(=O)Nc4ccccc4-c4ccccc4)C[C@H]3C2)c(Cl)cc1CNCCc1ccc(O)c2[nH]c(=O)sc12. The van der Waals surface area contributed by atoms with E-state index in [0.29, 0.717) is 79.3 Å². The van der Waals surface area contributed by atoms with Crippen molar-refractivity contribution in [3.8, 4) is 22.6 Å². The summed E-state index contributed by atoms with van der Waals surface area (Å²) >= 11 is 7.66. The highest BCUT2D eigenvalue weighted by molar-refractivity contribution is 7.16. The van der Waals surface area contributed by atoms with Crippen molar-refractivity contribution in [2.45, 2.75) is 51.2 Å². The van der Waals surface area contributed by atoms with Gasteiger partial charge in [-0.1, -0.05) is 77.5 Å². The van der Waals surface area contributed by atoms with E-state index in [1.807, 2.05) is 60.7 Å². The van der Waals surface area contributed by atoms with Crippen LogP contribution >= 0.6 is 22.9 Å². The molecule has 1 aliphatic carbocycles. The van der Waals surface area contributed by atoms with E-state index in [0.717, 1.165) is 69.9 Å². The second kappa shape index (κ2) is 19.8. The van der Waals surface area contributed by atoms with E-state index in [-0.39, 0.29) is 35.0 Å². The number of aromatic nitrogens is 1. The number of likely N-dealkylation sites (tertiary alicyclic amines) is 1. The molecule has 0 bridgehead atoms. The van der Waals surface area contributed by atoms with E-state index in [1.165, 1.54) is 0 Å². The minimum atomic E-state index is -0.435. The molecule has 7 rings (SSSR count). The lowest BCUT2D eigenvalue weighted by atomic mass is 10.0. The average molecular weight is 855 g/mol. The molecule has 2 heterocycles. The molecule has 4 aromatic carbocycles. The lowest BCUT2D eigenvalue weighted by Crippen LogP contribution is -2.33. The molecule has 5 aromatic rings. The minimum Gasteiger partial charge on any atom is -0.506 e. The Bertz CT molecular complexity index is 2360. The van der Waals surface area contributed by atoms with Gasteiger partial charge < -0.3 is 40.0 Å². The van der Waals surface area contributed by atoms with Crippen LogP contribution in [0.1, 0.15) is 43.2 Å². The Kier molecular flexibility index (Phi) is 14.1. The summed E-state index contributed by atoms with van der Waals surface area (Å²) in [7, 11) is 3.33. The molecule has 2 aliphatic rings. The van der Waals surface area contributed by atoms with E-state index in [4.69, 9.17) is 21.1 Å². The second-order valence-electron chi connectivity index (χ2n) is 15.6. The molecule has 1 unspecified atom stereocenters. The van der Waals surface area contributed by atoms with Crippen LogP contribution < -0.4 is 25.6 Å².